The molecule has 140 valence electrons. The fraction of sp³-hybridized carbons (Fsp3) is 0.421. The molecule has 0 saturated heterocycles. The molecule has 2 aromatic rings. The summed E-state index contributed by atoms with van der Waals surface area (Å²) in [5, 5.41) is 5.64. The lowest BCUT2D eigenvalue weighted by Crippen LogP contribution is -2.42. The fourth-order valence-electron chi connectivity index (χ4n) is 2.48. The molecule has 0 spiro atoms. The van der Waals surface area contributed by atoms with Crippen LogP contribution in [0.2, 0.25) is 0 Å². The number of urea groups is 1. The van der Waals surface area contributed by atoms with E-state index in [0.29, 0.717) is 29.4 Å². The third-order valence-corrected chi connectivity index (χ3v) is 3.94. The van der Waals surface area contributed by atoms with Crippen LogP contribution in [0.15, 0.2) is 27.4 Å². The summed E-state index contributed by atoms with van der Waals surface area (Å²) in [6.45, 7) is 7.85. The lowest BCUT2D eigenvalue weighted by molar-refractivity contribution is -0.122. The predicted molar refractivity (Wildman–Crippen MR) is 98.4 cm³/mol. The largest absolute Gasteiger partial charge is 0.483 e. The Hall–Kier alpha value is -2.83. The molecule has 0 fully saturated rings. The van der Waals surface area contributed by atoms with Crippen molar-refractivity contribution in [2.75, 3.05) is 13.2 Å². The van der Waals surface area contributed by atoms with Crippen LogP contribution in [0.3, 0.4) is 0 Å². The van der Waals surface area contributed by atoms with E-state index in [-0.39, 0.29) is 6.61 Å². The summed E-state index contributed by atoms with van der Waals surface area (Å²) in [4.78, 5) is 35.0. The monoisotopic (exact) mass is 360 g/mol. The van der Waals surface area contributed by atoms with Crippen molar-refractivity contribution in [2.24, 2.45) is 5.92 Å². The minimum Gasteiger partial charge on any atom is -0.483 e. The lowest BCUT2D eigenvalue weighted by atomic mass is 10.1. The maximum Gasteiger partial charge on any atom is 0.336 e. The number of hydrogen-bond acceptors (Lipinski definition) is 5. The average Bonchev–Trinajstić information content (AvgIpc) is 2.54. The van der Waals surface area contributed by atoms with E-state index in [0.717, 1.165) is 17.4 Å². The van der Waals surface area contributed by atoms with Gasteiger partial charge in [0.1, 0.15) is 11.3 Å². The number of aryl methyl sites for hydroxylation is 2. The first-order valence-corrected chi connectivity index (χ1v) is 8.52. The summed E-state index contributed by atoms with van der Waals surface area (Å²) in [6.07, 6.45) is 0.832. The van der Waals surface area contributed by atoms with Gasteiger partial charge in [0.15, 0.2) is 6.61 Å². The van der Waals surface area contributed by atoms with Gasteiger partial charge in [-0.05, 0) is 43.9 Å². The molecule has 1 heterocycles. The van der Waals surface area contributed by atoms with Gasteiger partial charge < -0.3 is 14.5 Å². The third-order valence-electron chi connectivity index (χ3n) is 3.94. The second-order valence-electron chi connectivity index (χ2n) is 6.59. The number of nitrogens with one attached hydrogen (secondary N) is 2. The van der Waals surface area contributed by atoms with Crippen molar-refractivity contribution in [1.82, 2.24) is 10.6 Å². The normalized spacial score (nSPS) is 10.8. The Kier molecular flexibility index (Phi) is 6.38. The molecule has 0 atom stereocenters. The second kappa shape index (κ2) is 8.51. The summed E-state index contributed by atoms with van der Waals surface area (Å²) in [5.41, 5.74) is 1.42. The van der Waals surface area contributed by atoms with Crippen LogP contribution in [-0.2, 0) is 4.79 Å². The van der Waals surface area contributed by atoms with Crippen LogP contribution >= 0.6 is 0 Å². The Morgan fingerprint density at radius 3 is 2.65 bits per heavy atom. The predicted octanol–water partition coefficient (Wildman–Crippen LogP) is 2.66. The molecule has 2 rings (SSSR count). The number of carbonyl (C=O) groups is 2. The van der Waals surface area contributed by atoms with Crippen molar-refractivity contribution in [2.45, 2.75) is 34.1 Å². The second-order valence-corrected chi connectivity index (χ2v) is 6.59. The summed E-state index contributed by atoms with van der Waals surface area (Å²) in [5.74, 6) is 0.327. The van der Waals surface area contributed by atoms with Gasteiger partial charge in [0.05, 0.1) is 0 Å². The summed E-state index contributed by atoms with van der Waals surface area (Å²) < 4.78 is 10.7. The first kappa shape index (κ1) is 19.5. The van der Waals surface area contributed by atoms with Gasteiger partial charge in [-0.2, -0.15) is 0 Å². The van der Waals surface area contributed by atoms with Gasteiger partial charge in [0.2, 0.25) is 0 Å². The van der Waals surface area contributed by atoms with Crippen LogP contribution in [0.25, 0.3) is 11.0 Å². The molecule has 0 bridgehead atoms. The maximum atomic E-state index is 11.8. The van der Waals surface area contributed by atoms with Crippen LogP contribution in [0.5, 0.6) is 5.75 Å². The minimum absolute atomic E-state index is 0.319. The molecule has 3 amide bonds. The standard InChI is InChI=1S/C19H24N2O5/c1-11(2)7-8-20-19(24)21-16(22)10-25-15-6-5-14-12(3)9-17(23)26-18(14)13(15)4/h5-6,9,11H,7-8,10H2,1-4H3,(H2,20,21,22,24). The number of carbonyl (C=O) groups excluding carboxylic acids is 2. The van der Waals surface area contributed by atoms with Crippen LogP contribution in [0.4, 0.5) is 4.79 Å². The third kappa shape index (κ3) is 5.08. The number of imide groups is 1. The van der Waals surface area contributed by atoms with Gasteiger partial charge in [-0.15, -0.1) is 0 Å². The maximum absolute atomic E-state index is 11.8. The highest BCUT2D eigenvalue weighted by Crippen LogP contribution is 2.27. The Morgan fingerprint density at radius 1 is 1.23 bits per heavy atom. The molecule has 1 aromatic heterocycles. The summed E-state index contributed by atoms with van der Waals surface area (Å²) in [6, 6.07) is 4.36. The molecule has 7 heteroatoms. The number of hydrogen-bond donors (Lipinski definition) is 2. The first-order valence-electron chi connectivity index (χ1n) is 8.52. The highest BCUT2D eigenvalue weighted by Gasteiger charge is 2.13. The molecule has 0 aliphatic heterocycles. The molecule has 0 aliphatic rings. The zero-order valence-electron chi connectivity index (χ0n) is 15.5. The fourth-order valence-corrected chi connectivity index (χ4v) is 2.48. The van der Waals surface area contributed by atoms with Crippen molar-refractivity contribution in [3.63, 3.8) is 0 Å². The van der Waals surface area contributed by atoms with Crippen molar-refractivity contribution in [1.29, 1.82) is 0 Å². The molecule has 1 aromatic carbocycles. The van der Waals surface area contributed by atoms with E-state index >= 15 is 0 Å². The van der Waals surface area contributed by atoms with Gasteiger partial charge in [-0.1, -0.05) is 13.8 Å². The van der Waals surface area contributed by atoms with E-state index in [2.05, 4.69) is 10.6 Å². The minimum atomic E-state index is -0.558. The highest BCUT2D eigenvalue weighted by molar-refractivity contribution is 5.95. The molecule has 2 N–H and O–H groups in total. The SMILES string of the molecule is Cc1cc(=O)oc2c(C)c(OCC(=O)NC(=O)NCCC(C)C)ccc12. The molecular weight excluding hydrogens is 336 g/mol. The zero-order chi connectivity index (χ0) is 19.3. The van der Waals surface area contributed by atoms with E-state index in [1.54, 1.807) is 19.1 Å². The van der Waals surface area contributed by atoms with Crippen molar-refractivity contribution < 1.29 is 18.7 Å². The quantitative estimate of drug-likeness (QED) is 0.772. The molecule has 0 radical (unpaired) electrons. The Bertz CT molecular complexity index is 870. The van der Waals surface area contributed by atoms with Crippen LogP contribution in [-0.4, -0.2) is 25.1 Å². The van der Waals surface area contributed by atoms with Gasteiger partial charge in [0, 0.05) is 23.6 Å². The number of ether oxygens (including phenoxy) is 1. The summed E-state index contributed by atoms with van der Waals surface area (Å²) in [7, 11) is 0. The van der Waals surface area contributed by atoms with Gasteiger partial charge in [-0.25, -0.2) is 9.59 Å². The van der Waals surface area contributed by atoms with Crippen LogP contribution < -0.4 is 21.0 Å². The van der Waals surface area contributed by atoms with Crippen LogP contribution in [0, 0.1) is 19.8 Å². The van der Waals surface area contributed by atoms with Gasteiger partial charge in [0.25, 0.3) is 5.91 Å². The Balaban J connectivity index is 1.97. The van der Waals surface area contributed by atoms with E-state index in [4.69, 9.17) is 9.15 Å². The van der Waals surface area contributed by atoms with Gasteiger partial charge >= 0.3 is 11.7 Å². The van der Waals surface area contributed by atoms with Gasteiger partial charge in [-0.3, -0.25) is 10.1 Å². The van der Waals surface area contributed by atoms with E-state index in [1.165, 1.54) is 6.07 Å². The topological polar surface area (TPSA) is 97.6 Å². The molecular formula is C19H24N2O5. The Labute approximate surface area is 151 Å². The zero-order valence-corrected chi connectivity index (χ0v) is 15.5. The van der Waals surface area contributed by atoms with E-state index < -0.39 is 17.6 Å². The van der Waals surface area contributed by atoms with Crippen molar-refractivity contribution >= 4 is 22.9 Å². The molecule has 0 saturated carbocycles. The molecule has 0 aliphatic carbocycles. The van der Waals surface area contributed by atoms with Crippen LogP contribution in [0.1, 0.15) is 31.4 Å². The number of benzene rings is 1. The number of amides is 3. The Morgan fingerprint density at radius 2 is 1.96 bits per heavy atom. The number of rotatable bonds is 6. The lowest BCUT2D eigenvalue weighted by Gasteiger charge is -2.12. The average molecular weight is 360 g/mol. The molecule has 26 heavy (non-hydrogen) atoms. The molecule has 0 unspecified atom stereocenters. The summed E-state index contributed by atoms with van der Waals surface area (Å²) >= 11 is 0. The molecule has 7 nitrogen and oxygen atoms in total. The number of fused-ring (bicyclic) bond motifs is 1. The van der Waals surface area contributed by atoms with Crippen molar-refractivity contribution in [3.8, 4) is 5.75 Å². The van der Waals surface area contributed by atoms with E-state index in [1.807, 2.05) is 20.8 Å². The highest BCUT2D eigenvalue weighted by atomic mass is 16.5. The first-order chi connectivity index (χ1) is 12.3. The smallest absolute Gasteiger partial charge is 0.336 e. The van der Waals surface area contributed by atoms with E-state index in [9.17, 15) is 14.4 Å². The van der Waals surface area contributed by atoms with Crippen molar-refractivity contribution in [3.05, 3.63) is 39.7 Å².